The van der Waals surface area contributed by atoms with Gasteiger partial charge in [0, 0.05) is 59.8 Å². The summed E-state index contributed by atoms with van der Waals surface area (Å²) in [6.07, 6.45) is 0.842. The molecule has 4 aromatic rings. The van der Waals surface area contributed by atoms with Gasteiger partial charge in [-0.3, -0.25) is 9.78 Å². The molecule has 7 nitrogen and oxygen atoms in total. The largest absolute Gasteiger partial charge is 0.451 e. The third kappa shape index (κ3) is 5.27. The molecule has 0 aliphatic carbocycles. The summed E-state index contributed by atoms with van der Waals surface area (Å²) < 4.78 is 59.2. The number of fused-ring (bicyclic) bond motifs is 1. The fourth-order valence-corrected chi connectivity index (χ4v) is 6.79. The lowest BCUT2D eigenvalue weighted by Gasteiger charge is -2.24. The van der Waals surface area contributed by atoms with Crippen LogP contribution < -0.4 is 0 Å². The number of alkyl halides is 3. The standard InChI is InChI=1S/C25H21F3N4O3S2/c26-25(27,28)24-30-14-18(15-31-24)19-12-16(9-10-29-19)7-8-21(33)20-5-3-11-32(20)37(34,36)23-13-17-4-1-2-6-22(17)35-23/h1-2,4,6,9-10,12-15,20H,3,5,7-8,11H2/t20-,37?/m0/s1. The topological polar surface area (TPSA) is 89.2 Å². The van der Waals surface area contributed by atoms with Gasteiger partial charge < -0.3 is 4.42 Å². The number of Topliss-reactive ketones (excluding diaryl/α,β-unsaturated/α-hetero) is 1. The first kappa shape index (κ1) is 25.4. The van der Waals surface area contributed by atoms with Crippen LogP contribution in [-0.2, 0) is 37.3 Å². The number of furan rings is 1. The molecule has 1 aromatic carbocycles. The minimum atomic E-state index is -4.62. The Balaban J connectivity index is 1.28. The van der Waals surface area contributed by atoms with Crippen molar-refractivity contribution in [1.29, 1.82) is 0 Å². The van der Waals surface area contributed by atoms with Crippen LogP contribution >= 0.6 is 0 Å². The van der Waals surface area contributed by atoms with Gasteiger partial charge in [0.25, 0.3) is 0 Å². The summed E-state index contributed by atoms with van der Waals surface area (Å²) in [6, 6.07) is 11.8. The molecule has 0 saturated carbocycles. The van der Waals surface area contributed by atoms with Crippen molar-refractivity contribution < 1.29 is 26.6 Å². The zero-order valence-corrected chi connectivity index (χ0v) is 21.0. The minimum absolute atomic E-state index is 0.0811. The smallest absolute Gasteiger partial charge is 0.446 e. The van der Waals surface area contributed by atoms with Gasteiger partial charge in [-0.15, -0.1) is 0 Å². The molecule has 0 N–H and O–H groups in total. The van der Waals surface area contributed by atoms with E-state index < -0.39 is 26.7 Å². The molecular weight excluding hydrogens is 525 g/mol. The number of ketones is 1. The van der Waals surface area contributed by atoms with Gasteiger partial charge in [0.1, 0.15) is 5.58 Å². The molecule has 5 rings (SSSR count). The second kappa shape index (κ2) is 9.92. The van der Waals surface area contributed by atoms with E-state index in [4.69, 9.17) is 15.6 Å². The molecule has 0 bridgehead atoms. The van der Waals surface area contributed by atoms with E-state index in [1.54, 1.807) is 28.6 Å². The number of carbonyl (C=O) groups excluding carboxylic acids is 1. The number of benzene rings is 1. The van der Waals surface area contributed by atoms with Gasteiger partial charge in [0.2, 0.25) is 10.9 Å². The Morgan fingerprint density at radius 1 is 1.14 bits per heavy atom. The third-order valence-electron chi connectivity index (χ3n) is 6.23. The zero-order valence-electron chi connectivity index (χ0n) is 19.4. The van der Waals surface area contributed by atoms with E-state index in [1.165, 1.54) is 6.20 Å². The first-order valence-electron chi connectivity index (χ1n) is 11.5. The highest BCUT2D eigenvalue weighted by molar-refractivity contribution is 8.31. The molecule has 1 fully saturated rings. The molecule has 1 aliphatic rings. The average Bonchev–Trinajstić information content (AvgIpc) is 3.55. The minimum Gasteiger partial charge on any atom is -0.446 e. The number of carbonyl (C=O) groups is 1. The summed E-state index contributed by atoms with van der Waals surface area (Å²) >= 11 is 5.51. The maximum atomic E-state index is 13.6. The predicted molar refractivity (Wildman–Crippen MR) is 133 cm³/mol. The Morgan fingerprint density at radius 2 is 1.89 bits per heavy atom. The molecule has 4 heterocycles. The van der Waals surface area contributed by atoms with Crippen LogP contribution in [0.5, 0.6) is 0 Å². The maximum absolute atomic E-state index is 13.6. The van der Waals surface area contributed by atoms with E-state index >= 15 is 0 Å². The Kier molecular flexibility index (Phi) is 6.82. The fraction of sp³-hybridized carbons (Fsp3) is 0.280. The number of pyridine rings is 1. The van der Waals surface area contributed by atoms with E-state index in [2.05, 4.69) is 15.0 Å². The lowest BCUT2D eigenvalue weighted by atomic mass is 10.0. The number of halogens is 3. The molecule has 2 atom stereocenters. The lowest BCUT2D eigenvalue weighted by molar-refractivity contribution is -0.145. The van der Waals surface area contributed by atoms with Crippen molar-refractivity contribution in [2.45, 2.75) is 43.0 Å². The molecular formula is C25H21F3N4O3S2. The van der Waals surface area contributed by atoms with Crippen molar-refractivity contribution in [2.24, 2.45) is 0 Å². The molecule has 0 amide bonds. The average molecular weight is 547 g/mol. The highest BCUT2D eigenvalue weighted by atomic mass is 32.8. The van der Waals surface area contributed by atoms with Crippen molar-refractivity contribution >= 4 is 36.6 Å². The SMILES string of the molecule is O=C(CCc1ccnc(-c2cnc(C(F)(F)F)nc2)c1)[C@@H]1CCCN1S(=O)(=S)c1cc2ccccc2o1. The monoisotopic (exact) mass is 546 g/mol. The highest BCUT2D eigenvalue weighted by Gasteiger charge is 2.38. The second-order valence-electron chi connectivity index (χ2n) is 8.69. The van der Waals surface area contributed by atoms with Gasteiger partial charge in [-0.05, 0) is 43.0 Å². The van der Waals surface area contributed by atoms with Crippen molar-refractivity contribution in [1.82, 2.24) is 19.3 Å². The van der Waals surface area contributed by atoms with Crippen molar-refractivity contribution in [2.75, 3.05) is 6.54 Å². The lowest BCUT2D eigenvalue weighted by Crippen LogP contribution is -2.40. The fourth-order valence-electron chi connectivity index (χ4n) is 4.38. The Hall–Kier alpha value is -3.22. The Morgan fingerprint density at radius 3 is 2.62 bits per heavy atom. The van der Waals surface area contributed by atoms with Crippen molar-refractivity contribution in [3.05, 3.63) is 72.4 Å². The summed E-state index contributed by atoms with van der Waals surface area (Å²) in [6.45, 7) is 0.434. The van der Waals surface area contributed by atoms with Crippen molar-refractivity contribution in [3.8, 4) is 11.3 Å². The van der Waals surface area contributed by atoms with Gasteiger partial charge >= 0.3 is 6.18 Å². The number of nitrogens with zero attached hydrogens (tertiary/aromatic N) is 4. The number of aryl methyl sites for hydroxylation is 1. The van der Waals surface area contributed by atoms with Crippen LogP contribution in [-0.4, -0.2) is 41.8 Å². The predicted octanol–water partition coefficient (Wildman–Crippen LogP) is 4.99. The number of aromatic nitrogens is 3. The summed E-state index contributed by atoms with van der Waals surface area (Å²) in [4.78, 5) is 24.1. The van der Waals surface area contributed by atoms with Crippen LogP contribution in [0.25, 0.3) is 22.2 Å². The Bertz CT molecular complexity index is 1520. The van der Waals surface area contributed by atoms with Crippen molar-refractivity contribution in [3.63, 3.8) is 0 Å². The van der Waals surface area contributed by atoms with Crippen LogP contribution in [0.1, 0.15) is 30.7 Å². The molecule has 3 aromatic heterocycles. The second-order valence-corrected chi connectivity index (χ2v) is 11.9. The van der Waals surface area contributed by atoms with Gasteiger partial charge in [-0.2, -0.15) is 13.2 Å². The molecule has 0 radical (unpaired) electrons. The van der Waals surface area contributed by atoms with Crippen LogP contribution in [0.2, 0.25) is 0 Å². The third-order valence-corrected chi connectivity index (χ3v) is 9.06. The summed E-state index contributed by atoms with van der Waals surface area (Å²) in [5.41, 5.74) is 2.10. The van der Waals surface area contributed by atoms with E-state index in [-0.39, 0.29) is 17.3 Å². The first-order chi connectivity index (χ1) is 17.6. The normalized spacial score (nSPS) is 18.2. The van der Waals surface area contributed by atoms with Crippen LogP contribution in [0, 0.1) is 0 Å². The van der Waals surface area contributed by atoms with E-state index in [0.29, 0.717) is 42.6 Å². The molecule has 1 aliphatic heterocycles. The molecule has 192 valence electrons. The molecule has 0 spiro atoms. The number of hydrogen-bond donors (Lipinski definition) is 0. The Labute approximate surface area is 215 Å². The van der Waals surface area contributed by atoms with E-state index in [0.717, 1.165) is 23.3 Å². The molecule has 37 heavy (non-hydrogen) atoms. The summed E-state index contributed by atoms with van der Waals surface area (Å²) in [7, 11) is -3.16. The van der Waals surface area contributed by atoms with Gasteiger partial charge in [0.05, 0.1) is 11.7 Å². The zero-order chi connectivity index (χ0) is 26.2. The van der Waals surface area contributed by atoms with Gasteiger partial charge in [-0.1, -0.05) is 18.2 Å². The molecule has 1 unspecified atom stereocenters. The van der Waals surface area contributed by atoms with Crippen LogP contribution in [0.15, 0.2) is 70.6 Å². The highest BCUT2D eigenvalue weighted by Crippen LogP contribution is 2.31. The quantitative estimate of drug-likeness (QED) is 0.323. The summed E-state index contributed by atoms with van der Waals surface area (Å²) in [5.74, 6) is -1.30. The number of rotatable bonds is 7. The number of para-hydroxylation sites is 1. The first-order valence-corrected chi connectivity index (χ1v) is 13.9. The molecule has 12 heteroatoms. The summed E-state index contributed by atoms with van der Waals surface area (Å²) in [5, 5.41) is 0.977. The van der Waals surface area contributed by atoms with Crippen LogP contribution in [0.3, 0.4) is 0 Å². The molecule has 1 saturated heterocycles. The van der Waals surface area contributed by atoms with E-state index in [1.807, 2.05) is 18.2 Å². The van der Waals surface area contributed by atoms with Gasteiger partial charge in [-0.25, -0.2) is 18.5 Å². The number of hydrogen-bond acceptors (Lipinski definition) is 7. The van der Waals surface area contributed by atoms with Gasteiger partial charge in [0.15, 0.2) is 14.5 Å². The maximum Gasteiger partial charge on any atom is 0.451 e. The van der Waals surface area contributed by atoms with E-state index in [9.17, 15) is 22.2 Å². The van der Waals surface area contributed by atoms with Crippen LogP contribution in [0.4, 0.5) is 13.2 Å².